The highest BCUT2D eigenvalue weighted by Gasteiger charge is 2.28. The summed E-state index contributed by atoms with van der Waals surface area (Å²) in [4.78, 5) is 25.8. The van der Waals surface area contributed by atoms with Gasteiger partial charge in [-0.15, -0.1) is 10.2 Å². The molecule has 172 valence electrons. The number of hydrogen-bond acceptors (Lipinski definition) is 7. The number of amides is 2. The van der Waals surface area contributed by atoms with Crippen molar-refractivity contribution in [1.82, 2.24) is 15.5 Å². The number of aromatic nitrogens is 2. The molecule has 2 N–H and O–H groups in total. The number of halogens is 2. The van der Waals surface area contributed by atoms with Crippen molar-refractivity contribution in [3.8, 4) is 22.1 Å². The maximum absolute atomic E-state index is 13.0. The van der Waals surface area contributed by atoms with E-state index in [1.807, 2.05) is 26.0 Å². The molecule has 2 heterocycles. The highest BCUT2D eigenvalue weighted by molar-refractivity contribution is 7.18. The van der Waals surface area contributed by atoms with E-state index in [9.17, 15) is 9.59 Å². The van der Waals surface area contributed by atoms with Crippen LogP contribution in [0.1, 0.15) is 30.6 Å². The Morgan fingerprint density at radius 2 is 1.91 bits per heavy atom. The molecule has 2 atom stereocenters. The van der Waals surface area contributed by atoms with Crippen molar-refractivity contribution < 1.29 is 19.1 Å². The van der Waals surface area contributed by atoms with Crippen molar-refractivity contribution in [1.29, 1.82) is 0 Å². The third-order valence-corrected chi connectivity index (χ3v) is 6.67. The third kappa shape index (κ3) is 5.21. The zero-order valence-corrected chi connectivity index (χ0v) is 20.1. The highest BCUT2D eigenvalue weighted by atomic mass is 35.5. The van der Waals surface area contributed by atoms with Gasteiger partial charge in [0.2, 0.25) is 17.8 Å². The Bertz CT molecular complexity index is 1200. The quantitative estimate of drug-likeness (QED) is 0.466. The lowest BCUT2D eigenvalue weighted by molar-refractivity contribution is -0.119. The summed E-state index contributed by atoms with van der Waals surface area (Å²) in [5.41, 5.74) is 1.03. The van der Waals surface area contributed by atoms with Crippen molar-refractivity contribution in [2.45, 2.75) is 26.3 Å². The number of nitrogens with zero attached hydrogens (tertiary/aromatic N) is 2. The molecule has 0 aliphatic carbocycles. The Kier molecular flexibility index (Phi) is 7.02. The largest absolute Gasteiger partial charge is 0.454 e. The van der Waals surface area contributed by atoms with Crippen LogP contribution in [0.2, 0.25) is 10.0 Å². The summed E-state index contributed by atoms with van der Waals surface area (Å²) in [5.74, 6) is 0.311. The molecule has 1 aliphatic heterocycles. The Hall–Kier alpha value is -2.88. The second-order valence-electron chi connectivity index (χ2n) is 7.43. The summed E-state index contributed by atoms with van der Waals surface area (Å²) in [5, 5.41) is 15.3. The topological polar surface area (TPSA) is 102 Å². The first kappa shape index (κ1) is 23.3. The predicted molar refractivity (Wildman–Crippen MR) is 127 cm³/mol. The van der Waals surface area contributed by atoms with E-state index in [4.69, 9.17) is 32.7 Å². The molecule has 0 saturated carbocycles. The van der Waals surface area contributed by atoms with Crippen molar-refractivity contribution >= 4 is 51.5 Å². The first-order valence-electron chi connectivity index (χ1n) is 10.2. The molecule has 2 unspecified atom stereocenters. The van der Waals surface area contributed by atoms with Gasteiger partial charge in [0.05, 0.1) is 10.6 Å². The number of benzene rings is 2. The number of carbonyl (C=O) groups excluding carboxylic acids is 2. The van der Waals surface area contributed by atoms with Gasteiger partial charge in [0.15, 0.2) is 11.5 Å². The normalized spacial score (nSPS) is 13.9. The van der Waals surface area contributed by atoms with Gasteiger partial charge in [-0.1, -0.05) is 54.8 Å². The molecule has 33 heavy (non-hydrogen) atoms. The fourth-order valence-corrected chi connectivity index (χ4v) is 4.43. The number of anilines is 1. The molecule has 3 aromatic rings. The molecule has 0 spiro atoms. The van der Waals surface area contributed by atoms with E-state index in [2.05, 4.69) is 20.8 Å². The zero-order valence-electron chi connectivity index (χ0n) is 17.7. The number of rotatable bonds is 7. The van der Waals surface area contributed by atoms with Crippen LogP contribution >= 0.6 is 34.5 Å². The number of ether oxygens (including phenoxy) is 2. The average molecular weight is 507 g/mol. The maximum atomic E-state index is 13.0. The van der Waals surface area contributed by atoms with E-state index in [0.717, 1.165) is 5.56 Å². The first-order chi connectivity index (χ1) is 15.9. The predicted octanol–water partition coefficient (Wildman–Crippen LogP) is 5.02. The fourth-order valence-electron chi connectivity index (χ4n) is 3.20. The third-order valence-electron chi connectivity index (χ3n) is 5.23. The lowest BCUT2D eigenvalue weighted by Crippen LogP contribution is -2.47. The van der Waals surface area contributed by atoms with E-state index >= 15 is 0 Å². The molecule has 0 fully saturated rings. The summed E-state index contributed by atoms with van der Waals surface area (Å²) in [6.07, 6.45) is 0.672. The summed E-state index contributed by atoms with van der Waals surface area (Å²) in [6, 6.07) is 9.23. The minimum atomic E-state index is -0.799. The van der Waals surface area contributed by atoms with Crippen LogP contribution in [0, 0.1) is 5.92 Å². The second-order valence-corrected chi connectivity index (χ2v) is 9.25. The average Bonchev–Trinajstić information content (AvgIpc) is 3.45. The van der Waals surface area contributed by atoms with Gasteiger partial charge in [-0.05, 0) is 42.3 Å². The molecular formula is C22H20Cl2N4O4S. The van der Waals surface area contributed by atoms with Crippen LogP contribution in [0.3, 0.4) is 0 Å². The van der Waals surface area contributed by atoms with Gasteiger partial charge in [-0.2, -0.15) is 0 Å². The van der Waals surface area contributed by atoms with Crippen LogP contribution in [0.25, 0.3) is 10.6 Å². The molecule has 0 saturated heterocycles. The minimum absolute atomic E-state index is 0.138. The van der Waals surface area contributed by atoms with Crippen LogP contribution in [0.5, 0.6) is 11.5 Å². The van der Waals surface area contributed by atoms with Gasteiger partial charge < -0.3 is 14.8 Å². The van der Waals surface area contributed by atoms with Gasteiger partial charge in [-0.25, -0.2) is 0 Å². The zero-order chi connectivity index (χ0) is 23.5. The Morgan fingerprint density at radius 1 is 1.12 bits per heavy atom. The van der Waals surface area contributed by atoms with Crippen LogP contribution in [0.15, 0.2) is 36.4 Å². The summed E-state index contributed by atoms with van der Waals surface area (Å²) in [7, 11) is 0. The lowest BCUT2D eigenvalue weighted by Gasteiger charge is -2.23. The highest BCUT2D eigenvalue weighted by Crippen LogP contribution is 2.37. The van der Waals surface area contributed by atoms with E-state index in [0.29, 0.717) is 33.1 Å². The monoisotopic (exact) mass is 506 g/mol. The van der Waals surface area contributed by atoms with Crippen molar-refractivity contribution in [3.63, 3.8) is 0 Å². The molecule has 2 aromatic carbocycles. The van der Waals surface area contributed by atoms with Crippen LogP contribution < -0.4 is 20.1 Å². The summed E-state index contributed by atoms with van der Waals surface area (Å²) < 4.78 is 10.7. The van der Waals surface area contributed by atoms with Gasteiger partial charge in [0.25, 0.3) is 5.91 Å². The maximum Gasteiger partial charge on any atom is 0.253 e. The smallest absolute Gasteiger partial charge is 0.253 e. The molecule has 8 nitrogen and oxygen atoms in total. The van der Waals surface area contributed by atoms with Gasteiger partial charge in [0, 0.05) is 10.6 Å². The molecular weight excluding hydrogens is 487 g/mol. The van der Waals surface area contributed by atoms with Crippen LogP contribution in [-0.2, 0) is 4.79 Å². The lowest BCUT2D eigenvalue weighted by atomic mass is 9.98. The summed E-state index contributed by atoms with van der Waals surface area (Å²) >= 11 is 13.3. The molecule has 11 heteroatoms. The number of nitrogens with one attached hydrogen (secondary N) is 2. The SMILES string of the molecule is CCC(C)C(NC(=O)c1ccc(Cl)cc1Cl)C(=O)Nc1nnc(-c2ccc3c(c2)OCO3)s1. The molecule has 0 radical (unpaired) electrons. The van der Waals surface area contributed by atoms with E-state index < -0.39 is 17.9 Å². The second kappa shape index (κ2) is 9.94. The minimum Gasteiger partial charge on any atom is -0.454 e. The standard InChI is InChI=1S/C22H20Cl2N4O4S/c1-3-11(2)18(25-19(29)14-6-5-13(23)9-15(14)24)20(30)26-22-28-27-21(33-22)12-4-7-16-17(8-12)32-10-31-16/h4-9,11,18H,3,10H2,1-2H3,(H,25,29)(H,26,28,30). The summed E-state index contributed by atoms with van der Waals surface area (Å²) in [6.45, 7) is 4.00. The Morgan fingerprint density at radius 3 is 2.67 bits per heavy atom. The van der Waals surface area contributed by atoms with Gasteiger partial charge in [-0.3, -0.25) is 14.9 Å². The van der Waals surface area contributed by atoms with E-state index in [1.54, 1.807) is 12.1 Å². The fraction of sp³-hybridized carbons (Fsp3) is 0.273. The van der Waals surface area contributed by atoms with Crippen molar-refractivity contribution in [2.75, 3.05) is 12.1 Å². The van der Waals surface area contributed by atoms with E-state index in [-0.39, 0.29) is 23.3 Å². The Balaban J connectivity index is 1.48. The molecule has 1 aliphatic rings. The molecule has 4 rings (SSSR count). The number of hydrogen-bond donors (Lipinski definition) is 2. The van der Waals surface area contributed by atoms with E-state index in [1.165, 1.54) is 23.5 Å². The molecule has 0 bridgehead atoms. The van der Waals surface area contributed by atoms with Crippen molar-refractivity contribution in [2.24, 2.45) is 5.92 Å². The number of fused-ring (bicyclic) bond motifs is 1. The first-order valence-corrected chi connectivity index (χ1v) is 11.7. The Labute approximate surface area is 204 Å². The van der Waals surface area contributed by atoms with Crippen LogP contribution in [-0.4, -0.2) is 34.8 Å². The number of carbonyl (C=O) groups is 2. The van der Waals surface area contributed by atoms with Crippen molar-refractivity contribution in [3.05, 3.63) is 52.0 Å². The van der Waals surface area contributed by atoms with Gasteiger partial charge >= 0.3 is 0 Å². The molecule has 2 amide bonds. The van der Waals surface area contributed by atoms with Gasteiger partial charge in [0.1, 0.15) is 11.0 Å². The molecule has 1 aromatic heterocycles. The van der Waals surface area contributed by atoms with Crippen LogP contribution in [0.4, 0.5) is 5.13 Å².